The Kier molecular flexibility index (Phi) is 3.05. The van der Waals surface area contributed by atoms with E-state index in [0.29, 0.717) is 12.3 Å². The highest BCUT2D eigenvalue weighted by Gasteiger charge is 2.02. The molecule has 1 aromatic heterocycles. The third kappa shape index (κ3) is 2.20. The van der Waals surface area contributed by atoms with Crippen LogP contribution in [-0.4, -0.2) is 16.7 Å². The Morgan fingerprint density at radius 2 is 2.42 bits per heavy atom. The fourth-order valence-corrected chi connectivity index (χ4v) is 0.913. The maximum Gasteiger partial charge on any atom is 0.122 e. The molecule has 1 atom stereocenters. The molecular weight excluding hydrogens is 154 g/mol. The van der Waals surface area contributed by atoms with Crippen LogP contribution in [0.3, 0.4) is 0 Å². The first-order valence-electron chi connectivity index (χ1n) is 4.01. The van der Waals surface area contributed by atoms with Gasteiger partial charge in [-0.1, -0.05) is 0 Å². The highest BCUT2D eigenvalue weighted by Crippen LogP contribution is 2.15. The van der Waals surface area contributed by atoms with Gasteiger partial charge in [0.05, 0.1) is 18.4 Å². The average molecular weight is 167 g/mol. The molecule has 12 heavy (non-hydrogen) atoms. The summed E-state index contributed by atoms with van der Waals surface area (Å²) in [5.74, 6) is 0.753. The first kappa shape index (κ1) is 9.00. The van der Waals surface area contributed by atoms with E-state index in [1.807, 2.05) is 6.92 Å². The maximum atomic E-state index is 9.20. The summed E-state index contributed by atoms with van der Waals surface area (Å²) in [6.45, 7) is 4.23. The molecule has 1 rings (SSSR count). The van der Waals surface area contributed by atoms with Crippen LogP contribution >= 0.6 is 0 Å². The molecule has 0 aliphatic heterocycles. The zero-order chi connectivity index (χ0) is 8.97. The number of ether oxygens (including phenoxy) is 1. The van der Waals surface area contributed by atoms with Crippen molar-refractivity contribution >= 4 is 0 Å². The molecule has 0 spiro atoms. The fourth-order valence-electron chi connectivity index (χ4n) is 0.913. The summed E-state index contributed by atoms with van der Waals surface area (Å²) < 4.78 is 5.25. The second kappa shape index (κ2) is 4.07. The van der Waals surface area contributed by atoms with Gasteiger partial charge >= 0.3 is 0 Å². The van der Waals surface area contributed by atoms with Crippen molar-refractivity contribution in [2.45, 2.75) is 20.0 Å². The smallest absolute Gasteiger partial charge is 0.122 e. The van der Waals surface area contributed by atoms with E-state index >= 15 is 0 Å². The first-order valence-corrected chi connectivity index (χ1v) is 4.01. The molecule has 0 amide bonds. The molecule has 0 aromatic carbocycles. The quantitative estimate of drug-likeness (QED) is 0.742. The van der Waals surface area contributed by atoms with Crippen molar-refractivity contribution in [2.75, 3.05) is 6.61 Å². The standard InChI is InChI=1S/C9H13NO2/c1-3-12-8-4-5-10-9(6-8)7(2)11/h4-7,11H,3H2,1-2H3. The predicted octanol–water partition coefficient (Wildman–Crippen LogP) is 1.53. The summed E-state index contributed by atoms with van der Waals surface area (Å²) in [5, 5.41) is 9.20. The third-order valence-corrected chi connectivity index (χ3v) is 1.49. The summed E-state index contributed by atoms with van der Waals surface area (Å²) in [6.07, 6.45) is 1.10. The number of hydrogen-bond donors (Lipinski definition) is 1. The van der Waals surface area contributed by atoms with E-state index in [1.165, 1.54) is 0 Å². The molecule has 0 aliphatic carbocycles. The van der Waals surface area contributed by atoms with E-state index in [9.17, 15) is 5.11 Å². The summed E-state index contributed by atoms with van der Waals surface area (Å²) >= 11 is 0. The average Bonchev–Trinajstić information content (AvgIpc) is 2.05. The van der Waals surface area contributed by atoms with Crippen LogP contribution < -0.4 is 4.74 Å². The zero-order valence-electron chi connectivity index (χ0n) is 7.32. The van der Waals surface area contributed by atoms with Crippen LogP contribution in [0.4, 0.5) is 0 Å². The van der Waals surface area contributed by atoms with Crippen LogP contribution in [0.15, 0.2) is 18.3 Å². The number of hydrogen-bond acceptors (Lipinski definition) is 3. The normalized spacial score (nSPS) is 12.6. The molecule has 0 fully saturated rings. The Morgan fingerprint density at radius 3 is 3.00 bits per heavy atom. The molecule has 0 radical (unpaired) electrons. The van der Waals surface area contributed by atoms with Crippen molar-refractivity contribution in [3.05, 3.63) is 24.0 Å². The Labute approximate surface area is 72.0 Å². The van der Waals surface area contributed by atoms with Gasteiger partial charge in [0.15, 0.2) is 0 Å². The second-order valence-electron chi connectivity index (χ2n) is 2.53. The van der Waals surface area contributed by atoms with Gasteiger partial charge in [0.2, 0.25) is 0 Å². The van der Waals surface area contributed by atoms with Crippen LogP contribution in [0, 0.1) is 0 Å². The lowest BCUT2D eigenvalue weighted by Gasteiger charge is -2.06. The van der Waals surface area contributed by atoms with Gasteiger partial charge in [0.1, 0.15) is 5.75 Å². The van der Waals surface area contributed by atoms with Gasteiger partial charge in [0, 0.05) is 12.3 Å². The molecule has 0 aliphatic rings. The van der Waals surface area contributed by atoms with E-state index in [4.69, 9.17) is 4.74 Å². The van der Waals surface area contributed by atoms with Crippen molar-refractivity contribution in [2.24, 2.45) is 0 Å². The lowest BCUT2D eigenvalue weighted by molar-refractivity contribution is 0.193. The van der Waals surface area contributed by atoms with E-state index in [1.54, 1.807) is 25.3 Å². The highest BCUT2D eigenvalue weighted by molar-refractivity contribution is 5.23. The van der Waals surface area contributed by atoms with Crippen LogP contribution in [0.2, 0.25) is 0 Å². The highest BCUT2D eigenvalue weighted by atomic mass is 16.5. The van der Waals surface area contributed by atoms with Crippen LogP contribution in [-0.2, 0) is 0 Å². The van der Waals surface area contributed by atoms with E-state index in [0.717, 1.165) is 5.75 Å². The van der Waals surface area contributed by atoms with Gasteiger partial charge in [-0.15, -0.1) is 0 Å². The topological polar surface area (TPSA) is 42.4 Å². The van der Waals surface area contributed by atoms with Gasteiger partial charge in [-0.05, 0) is 19.9 Å². The predicted molar refractivity (Wildman–Crippen MR) is 46.0 cm³/mol. The molecule has 1 aromatic rings. The molecule has 66 valence electrons. The molecule has 3 nitrogen and oxygen atoms in total. The SMILES string of the molecule is CCOc1ccnc(C(C)O)c1. The number of aliphatic hydroxyl groups excluding tert-OH is 1. The number of rotatable bonds is 3. The summed E-state index contributed by atoms with van der Waals surface area (Å²) in [7, 11) is 0. The minimum atomic E-state index is -0.537. The Morgan fingerprint density at radius 1 is 1.67 bits per heavy atom. The molecule has 3 heteroatoms. The Bertz CT molecular complexity index is 248. The van der Waals surface area contributed by atoms with Crippen molar-refractivity contribution in [3.8, 4) is 5.75 Å². The van der Waals surface area contributed by atoms with Crippen molar-refractivity contribution in [1.82, 2.24) is 4.98 Å². The largest absolute Gasteiger partial charge is 0.494 e. The van der Waals surface area contributed by atoms with Gasteiger partial charge in [-0.2, -0.15) is 0 Å². The molecule has 1 unspecified atom stereocenters. The molecular formula is C9H13NO2. The van der Waals surface area contributed by atoms with Crippen molar-refractivity contribution < 1.29 is 9.84 Å². The van der Waals surface area contributed by atoms with E-state index in [-0.39, 0.29) is 0 Å². The Hall–Kier alpha value is -1.09. The lowest BCUT2D eigenvalue weighted by Crippen LogP contribution is -1.97. The number of aliphatic hydroxyl groups is 1. The van der Waals surface area contributed by atoms with Crippen LogP contribution in [0.5, 0.6) is 5.75 Å². The summed E-state index contributed by atoms with van der Waals surface area (Å²) in [5.41, 5.74) is 0.640. The minimum absolute atomic E-state index is 0.537. The van der Waals surface area contributed by atoms with E-state index in [2.05, 4.69) is 4.98 Å². The third-order valence-electron chi connectivity index (χ3n) is 1.49. The summed E-state index contributed by atoms with van der Waals surface area (Å²) in [6, 6.07) is 3.52. The van der Waals surface area contributed by atoms with Crippen molar-refractivity contribution in [1.29, 1.82) is 0 Å². The number of nitrogens with zero attached hydrogens (tertiary/aromatic N) is 1. The molecule has 1 heterocycles. The van der Waals surface area contributed by atoms with Crippen molar-refractivity contribution in [3.63, 3.8) is 0 Å². The minimum Gasteiger partial charge on any atom is -0.494 e. The lowest BCUT2D eigenvalue weighted by atomic mass is 10.2. The van der Waals surface area contributed by atoms with Crippen LogP contribution in [0.25, 0.3) is 0 Å². The molecule has 1 N–H and O–H groups in total. The number of aromatic nitrogens is 1. The molecule has 0 saturated carbocycles. The first-order chi connectivity index (χ1) is 5.74. The Balaban J connectivity index is 2.81. The van der Waals surface area contributed by atoms with Gasteiger partial charge < -0.3 is 9.84 Å². The summed E-state index contributed by atoms with van der Waals surface area (Å²) in [4.78, 5) is 3.99. The maximum absolute atomic E-state index is 9.20. The second-order valence-corrected chi connectivity index (χ2v) is 2.53. The monoisotopic (exact) mass is 167 g/mol. The van der Waals surface area contributed by atoms with E-state index < -0.39 is 6.10 Å². The van der Waals surface area contributed by atoms with Gasteiger partial charge in [-0.3, -0.25) is 4.98 Å². The van der Waals surface area contributed by atoms with Gasteiger partial charge in [-0.25, -0.2) is 0 Å². The van der Waals surface area contributed by atoms with Gasteiger partial charge in [0.25, 0.3) is 0 Å². The fraction of sp³-hybridized carbons (Fsp3) is 0.444. The zero-order valence-corrected chi connectivity index (χ0v) is 7.32. The molecule has 0 saturated heterocycles. The number of pyridine rings is 1. The molecule has 0 bridgehead atoms. The van der Waals surface area contributed by atoms with Crippen LogP contribution in [0.1, 0.15) is 25.6 Å².